The van der Waals surface area contributed by atoms with Gasteiger partial charge in [-0.05, 0) is 30.5 Å². The minimum absolute atomic E-state index is 0.255. The molecule has 4 nitrogen and oxygen atoms in total. The molecule has 0 spiro atoms. The second-order valence-corrected chi connectivity index (χ2v) is 4.77. The standard InChI is InChI=1S/C14H19FN2O2/c1-10(2)6-7-16-13(18)9-14(19)17-12-5-3-4-11(15)8-12/h3-5,8,10H,6-7,9H2,1-2H3,(H,16,18)(H,17,19). The predicted octanol–water partition coefficient (Wildman–Crippen LogP) is 2.32. The fraction of sp³-hybridized carbons (Fsp3) is 0.429. The molecule has 2 N–H and O–H groups in total. The molecule has 0 aliphatic rings. The normalized spacial score (nSPS) is 10.3. The summed E-state index contributed by atoms with van der Waals surface area (Å²) in [5.74, 6) is -0.706. The Morgan fingerprint density at radius 1 is 1.26 bits per heavy atom. The summed E-state index contributed by atoms with van der Waals surface area (Å²) in [6.45, 7) is 4.68. The highest BCUT2D eigenvalue weighted by molar-refractivity contribution is 6.03. The van der Waals surface area contributed by atoms with Gasteiger partial charge >= 0.3 is 0 Å². The lowest BCUT2D eigenvalue weighted by molar-refractivity contribution is -0.126. The zero-order valence-corrected chi connectivity index (χ0v) is 11.2. The van der Waals surface area contributed by atoms with Crippen LogP contribution in [0.25, 0.3) is 0 Å². The molecule has 0 heterocycles. The molecule has 0 radical (unpaired) electrons. The van der Waals surface area contributed by atoms with Gasteiger partial charge in [0, 0.05) is 12.2 Å². The molecule has 5 heteroatoms. The van der Waals surface area contributed by atoms with Gasteiger partial charge < -0.3 is 10.6 Å². The predicted molar refractivity (Wildman–Crippen MR) is 72.1 cm³/mol. The Labute approximate surface area is 112 Å². The van der Waals surface area contributed by atoms with Crippen LogP contribution in [0.5, 0.6) is 0 Å². The molecule has 0 saturated carbocycles. The Kier molecular flexibility index (Phi) is 5.99. The average Bonchev–Trinajstić information content (AvgIpc) is 2.27. The van der Waals surface area contributed by atoms with E-state index in [1.807, 2.05) is 0 Å². The summed E-state index contributed by atoms with van der Waals surface area (Å²) >= 11 is 0. The highest BCUT2D eigenvalue weighted by Crippen LogP contribution is 2.09. The van der Waals surface area contributed by atoms with Crippen molar-refractivity contribution in [3.8, 4) is 0 Å². The molecule has 2 amide bonds. The van der Waals surface area contributed by atoms with Crippen molar-refractivity contribution < 1.29 is 14.0 Å². The van der Waals surface area contributed by atoms with Crippen molar-refractivity contribution in [2.24, 2.45) is 5.92 Å². The van der Waals surface area contributed by atoms with Gasteiger partial charge in [-0.1, -0.05) is 19.9 Å². The lowest BCUT2D eigenvalue weighted by atomic mass is 10.1. The molecule has 0 aromatic heterocycles. The van der Waals surface area contributed by atoms with E-state index in [0.717, 1.165) is 6.42 Å². The summed E-state index contributed by atoms with van der Waals surface area (Å²) in [7, 11) is 0. The summed E-state index contributed by atoms with van der Waals surface area (Å²) in [6, 6.07) is 5.55. The summed E-state index contributed by atoms with van der Waals surface area (Å²) in [5, 5.41) is 5.14. The van der Waals surface area contributed by atoms with Gasteiger partial charge in [0.15, 0.2) is 0 Å². The molecule has 0 aliphatic heterocycles. The van der Waals surface area contributed by atoms with Crippen molar-refractivity contribution in [2.75, 3.05) is 11.9 Å². The quantitative estimate of drug-likeness (QED) is 0.776. The van der Waals surface area contributed by atoms with Crippen LogP contribution in [0.4, 0.5) is 10.1 Å². The lowest BCUT2D eigenvalue weighted by Gasteiger charge is -2.08. The van der Waals surface area contributed by atoms with Gasteiger partial charge in [0.05, 0.1) is 0 Å². The Morgan fingerprint density at radius 2 is 2.00 bits per heavy atom. The highest BCUT2D eigenvalue weighted by Gasteiger charge is 2.09. The summed E-state index contributed by atoms with van der Waals surface area (Å²) in [4.78, 5) is 23.0. The van der Waals surface area contributed by atoms with Gasteiger partial charge in [-0.3, -0.25) is 9.59 Å². The molecule has 0 saturated heterocycles. The zero-order chi connectivity index (χ0) is 14.3. The van der Waals surface area contributed by atoms with Gasteiger partial charge in [-0.15, -0.1) is 0 Å². The topological polar surface area (TPSA) is 58.2 Å². The van der Waals surface area contributed by atoms with Crippen molar-refractivity contribution in [1.82, 2.24) is 5.32 Å². The zero-order valence-electron chi connectivity index (χ0n) is 11.2. The van der Waals surface area contributed by atoms with Crippen molar-refractivity contribution in [3.05, 3.63) is 30.1 Å². The fourth-order valence-corrected chi connectivity index (χ4v) is 1.48. The van der Waals surface area contributed by atoms with Gasteiger partial charge in [0.2, 0.25) is 11.8 Å². The number of halogens is 1. The molecule has 0 bridgehead atoms. The van der Waals surface area contributed by atoms with Gasteiger partial charge in [-0.25, -0.2) is 4.39 Å². The first kappa shape index (κ1) is 15.1. The van der Waals surface area contributed by atoms with Crippen LogP contribution >= 0.6 is 0 Å². The first-order chi connectivity index (χ1) is 8.97. The lowest BCUT2D eigenvalue weighted by Crippen LogP contribution is -2.29. The number of rotatable bonds is 6. The van der Waals surface area contributed by atoms with E-state index in [9.17, 15) is 14.0 Å². The third-order valence-corrected chi connectivity index (χ3v) is 2.47. The molecule has 0 atom stereocenters. The second kappa shape index (κ2) is 7.51. The molecule has 19 heavy (non-hydrogen) atoms. The van der Waals surface area contributed by atoms with E-state index in [4.69, 9.17) is 0 Å². The molecule has 1 rings (SSSR count). The van der Waals surface area contributed by atoms with Crippen LogP contribution in [-0.2, 0) is 9.59 Å². The van der Waals surface area contributed by atoms with Crippen molar-refractivity contribution in [3.63, 3.8) is 0 Å². The minimum Gasteiger partial charge on any atom is -0.356 e. The first-order valence-electron chi connectivity index (χ1n) is 6.29. The van der Waals surface area contributed by atoms with Crippen LogP contribution in [0.1, 0.15) is 26.7 Å². The van der Waals surface area contributed by atoms with Gasteiger partial charge in [-0.2, -0.15) is 0 Å². The highest BCUT2D eigenvalue weighted by atomic mass is 19.1. The van der Waals surface area contributed by atoms with Crippen molar-refractivity contribution in [1.29, 1.82) is 0 Å². The van der Waals surface area contributed by atoms with Gasteiger partial charge in [0.1, 0.15) is 12.2 Å². The van der Waals surface area contributed by atoms with Crippen LogP contribution in [0, 0.1) is 11.7 Å². The molecule has 0 aliphatic carbocycles. The number of hydrogen-bond donors (Lipinski definition) is 2. The SMILES string of the molecule is CC(C)CCNC(=O)CC(=O)Nc1cccc(F)c1. The molecular formula is C14H19FN2O2. The molecular weight excluding hydrogens is 247 g/mol. The smallest absolute Gasteiger partial charge is 0.233 e. The molecule has 104 valence electrons. The van der Waals surface area contributed by atoms with E-state index in [0.29, 0.717) is 18.2 Å². The third-order valence-electron chi connectivity index (χ3n) is 2.47. The maximum atomic E-state index is 12.9. The molecule has 1 aromatic carbocycles. The number of carbonyl (C=O) groups is 2. The molecule has 1 aromatic rings. The van der Waals surface area contributed by atoms with Crippen molar-refractivity contribution >= 4 is 17.5 Å². The Morgan fingerprint density at radius 3 is 2.63 bits per heavy atom. The maximum Gasteiger partial charge on any atom is 0.233 e. The Balaban J connectivity index is 2.33. The van der Waals surface area contributed by atoms with E-state index in [1.165, 1.54) is 18.2 Å². The minimum atomic E-state index is -0.451. The van der Waals surface area contributed by atoms with Crippen molar-refractivity contribution in [2.45, 2.75) is 26.7 Å². The summed E-state index contributed by atoms with van der Waals surface area (Å²) in [5.41, 5.74) is 0.347. The van der Waals surface area contributed by atoms with Crippen LogP contribution in [0.3, 0.4) is 0 Å². The largest absolute Gasteiger partial charge is 0.356 e. The number of nitrogens with one attached hydrogen (secondary N) is 2. The van der Waals surface area contributed by atoms with Crippen LogP contribution in [0.15, 0.2) is 24.3 Å². The van der Waals surface area contributed by atoms with E-state index in [2.05, 4.69) is 24.5 Å². The van der Waals surface area contributed by atoms with Crippen LogP contribution < -0.4 is 10.6 Å². The maximum absolute atomic E-state index is 12.9. The summed E-state index contributed by atoms with van der Waals surface area (Å²) in [6.07, 6.45) is 0.617. The summed E-state index contributed by atoms with van der Waals surface area (Å²) < 4.78 is 12.9. The van der Waals surface area contributed by atoms with E-state index < -0.39 is 11.7 Å². The van der Waals surface area contributed by atoms with Crippen LogP contribution in [0.2, 0.25) is 0 Å². The second-order valence-electron chi connectivity index (χ2n) is 4.77. The first-order valence-corrected chi connectivity index (χ1v) is 6.29. The number of carbonyl (C=O) groups excluding carboxylic acids is 2. The third kappa shape index (κ3) is 6.55. The van der Waals surface area contributed by atoms with Gasteiger partial charge in [0.25, 0.3) is 0 Å². The molecule has 0 fully saturated rings. The number of hydrogen-bond acceptors (Lipinski definition) is 2. The Bertz CT molecular complexity index is 447. The number of anilines is 1. The fourth-order valence-electron chi connectivity index (χ4n) is 1.48. The average molecular weight is 266 g/mol. The monoisotopic (exact) mass is 266 g/mol. The van der Waals surface area contributed by atoms with E-state index in [-0.39, 0.29) is 12.3 Å². The van der Waals surface area contributed by atoms with E-state index in [1.54, 1.807) is 6.07 Å². The number of benzene rings is 1. The van der Waals surface area contributed by atoms with E-state index >= 15 is 0 Å². The number of amides is 2. The Hall–Kier alpha value is -1.91. The molecule has 0 unspecified atom stereocenters. The van der Waals surface area contributed by atoms with Crippen LogP contribution in [-0.4, -0.2) is 18.4 Å².